The molecule has 1 fully saturated rings. The number of piperidine rings is 1. The number of nitriles is 1. The summed E-state index contributed by atoms with van der Waals surface area (Å²) in [6.07, 6.45) is 3.75. The van der Waals surface area contributed by atoms with Crippen LogP contribution in [0.3, 0.4) is 0 Å². The lowest BCUT2D eigenvalue weighted by Gasteiger charge is -2.35. The van der Waals surface area contributed by atoms with E-state index in [4.69, 9.17) is 16.9 Å². The highest BCUT2D eigenvalue weighted by Gasteiger charge is 2.21. The maximum atomic E-state index is 9.10. The van der Waals surface area contributed by atoms with Gasteiger partial charge in [-0.1, -0.05) is 11.6 Å². The summed E-state index contributed by atoms with van der Waals surface area (Å²) in [5.41, 5.74) is 2.54. The Hall–Kier alpha value is -2.32. The van der Waals surface area contributed by atoms with Gasteiger partial charge >= 0.3 is 0 Å². The molecular formula is C17H18ClN5. The molecule has 1 saturated heterocycles. The Kier molecular flexibility index (Phi) is 4.63. The molecule has 2 heterocycles. The number of rotatable bonds is 3. The minimum absolute atomic E-state index is 0.308. The fraction of sp³-hybridized carbons (Fsp3) is 0.353. The predicted octanol–water partition coefficient (Wildman–Crippen LogP) is 3.39. The first-order valence-electron chi connectivity index (χ1n) is 7.65. The van der Waals surface area contributed by atoms with E-state index >= 15 is 0 Å². The van der Waals surface area contributed by atoms with Crippen LogP contribution in [0.5, 0.6) is 0 Å². The summed E-state index contributed by atoms with van der Waals surface area (Å²) >= 11 is 6.12. The number of hydrogen-bond acceptors (Lipinski definition) is 5. The Morgan fingerprint density at radius 1 is 1.30 bits per heavy atom. The van der Waals surface area contributed by atoms with Crippen molar-refractivity contribution >= 4 is 23.1 Å². The van der Waals surface area contributed by atoms with Crippen LogP contribution in [0, 0.1) is 18.3 Å². The lowest BCUT2D eigenvalue weighted by atomic mass is 10.0. The van der Waals surface area contributed by atoms with Gasteiger partial charge in [-0.3, -0.25) is 0 Å². The Morgan fingerprint density at radius 3 is 2.96 bits per heavy atom. The van der Waals surface area contributed by atoms with Crippen LogP contribution in [0.4, 0.5) is 11.5 Å². The second-order valence-corrected chi connectivity index (χ2v) is 6.22. The van der Waals surface area contributed by atoms with Gasteiger partial charge < -0.3 is 10.2 Å². The van der Waals surface area contributed by atoms with E-state index in [9.17, 15) is 0 Å². The van der Waals surface area contributed by atoms with Crippen molar-refractivity contribution in [2.45, 2.75) is 25.8 Å². The number of benzene rings is 1. The molecule has 1 N–H and O–H groups in total. The minimum Gasteiger partial charge on any atom is -0.369 e. The number of anilines is 2. The largest absolute Gasteiger partial charge is 0.369 e. The number of aryl methyl sites for hydroxylation is 1. The van der Waals surface area contributed by atoms with Crippen molar-refractivity contribution in [2.24, 2.45) is 0 Å². The summed E-state index contributed by atoms with van der Waals surface area (Å²) < 4.78 is 0. The Bertz CT molecular complexity index is 740. The monoisotopic (exact) mass is 327 g/mol. The molecule has 0 radical (unpaired) electrons. The molecule has 2 aromatic rings. The zero-order chi connectivity index (χ0) is 16.2. The topological polar surface area (TPSA) is 64.8 Å². The molecule has 0 spiro atoms. The van der Waals surface area contributed by atoms with Crippen LogP contribution in [-0.2, 0) is 0 Å². The standard InChI is InChI=1S/C17H18ClN5/c1-12-5-17(21-11-20-12)22-15-3-2-4-23(10-15)16-7-13(9-19)6-14(18)8-16/h5-8,11,15H,2-4,10H2,1H3,(H,20,21,22). The molecule has 3 rings (SSSR count). The molecule has 23 heavy (non-hydrogen) atoms. The highest BCUT2D eigenvalue weighted by Crippen LogP contribution is 2.26. The van der Waals surface area contributed by atoms with Gasteiger partial charge in [-0.15, -0.1) is 0 Å². The number of aromatic nitrogens is 2. The molecule has 1 unspecified atom stereocenters. The van der Waals surface area contributed by atoms with E-state index in [1.165, 1.54) is 0 Å². The minimum atomic E-state index is 0.308. The van der Waals surface area contributed by atoms with Crippen LogP contribution in [-0.4, -0.2) is 29.1 Å². The van der Waals surface area contributed by atoms with Crippen molar-refractivity contribution in [1.29, 1.82) is 5.26 Å². The normalized spacial score (nSPS) is 17.6. The molecule has 5 nitrogen and oxygen atoms in total. The number of nitrogens with zero attached hydrogens (tertiary/aromatic N) is 4. The Balaban J connectivity index is 1.73. The van der Waals surface area contributed by atoms with E-state index in [2.05, 4.69) is 26.3 Å². The van der Waals surface area contributed by atoms with Crippen LogP contribution >= 0.6 is 11.6 Å². The quantitative estimate of drug-likeness (QED) is 0.936. The van der Waals surface area contributed by atoms with Crippen LogP contribution in [0.2, 0.25) is 5.02 Å². The van der Waals surface area contributed by atoms with Crippen molar-refractivity contribution in [2.75, 3.05) is 23.3 Å². The maximum Gasteiger partial charge on any atom is 0.129 e. The van der Waals surface area contributed by atoms with Crippen LogP contribution in [0.1, 0.15) is 24.1 Å². The summed E-state index contributed by atoms with van der Waals surface area (Å²) in [5, 5.41) is 13.2. The van der Waals surface area contributed by atoms with Gasteiger partial charge in [0.05, 0.1) is 11.6 Å². The summed E-state index contributed by atoms with van der Waals surface area (Å²) in [7, 11) is 0. The summed E-state index contributed by atoms with van der Waals surface area (Å²) in [4.78, 5) is 10.7. The van der Waals surface area contributed by atoms with E-state index in [1.807, 2.05) is 25.1 Å². The zero-order valence-corrected chi connectivity index (χ0v) is 13.7. The first kappa shape index (κ1) is 15.6. The fourth-order valence-electron chi connectivity index (χ4n) is 2.89. The first-order valence-corrected chi connectivity index (χ1v) is 8.02. The van der Waals surface area contributed by atoms with Crippen molar-refractivity contribution in [1.82, 2.24) is 9.97 Å². The second-order valence-electron chi connectivity index (χ2n) is 5.78. The number of hydrogen-bond donors (Lipinski definition) is 1. The van der Waals surface area contributed by atoms with E-state index in [-0.39, 0.29) is 0 Å². The van der Waals surface area contributed by atoms with Crippen molar-refractivity contribution in [3.63, 3.8) is 0 Å². The molecule has 0 amide bonds. The molecule has 0 bridgehead atoms. The highest BCUT2D eigenvalue weighted by molar-refractivity contribution is 6.31. The van der Waals surface area contributed by atoms with E-state index < -0.39 is 0 Å². The van der Waals surface area contributed by atoms with Gasteiger partial charge in [-0.2, -0.15) is 5.26 Å². The zero-order valence-electron chi connectivity index (χ0n) is 13.0. The molecular weight excluding hydrogens is 310 g/mol. The molecule has 1 atom stereocenters. The third-order valence-electron chi connectivity index (χ3n) is 3.95. The molecule has 1 aromatic carbocycles. The summed E-state index contributed by atoms with van der Waals surface area (Å²) in [6.45, 7) is 3.77. The number of halogens is 1. The maximum absolute atomic E-state index is 9.10. The number of nitrogens with one attached hydrogen (secondary N) is 1. The lowest BCUT2D eigenvalue weighted by Crippen LogP contribution is -2.42. The Labute approximate surface area is 140 Å². The average Bonchev–Trinajstić information content (AvgIpc) is 2.54. The van der Waals surface area contributed by atoms with Gasteiger partial charge in [0, 0.05) is 41.6 Å². The SMILES string of the molecule is Cc1cc(NC2CCCN(c3cc(Cl)cc(C#N)c3)C2)ncn1. The third kappa shape index (κ3) is 3.91. The van der Waals surface area contributed by atoms with Gasteiger partial charge in [-0.25, -0.2) is 9.97 Å². The van der Waals surface area contributed by atoms with Gasteiger partial charge in [0.2, 0.25) is 0 Å². The lowest BCUT2D eigenvalue weighted by molar-refractivity contribution is 0.529. The molecule has 6 heteroatoms. The van der Waals surface area contributed by atoms with Crippen molar-refractivity contribution in [3.8, 4) is 6.07 Å². The molecule has 0 saturated carbocycles. The van der Waals surface area contributed by atoms with Gasteiger partial charge in [0.25, 0.3) is 0 Å². The highest BCUT2D eigenvalue weighted by atomic mass is 35.5. The fourth-order valence-corrected chi connectivity index (χ4v) is 3.12. The average molecular weight is 328 g/mol. The van der Waals surface area contributed by atoms with Gasteiger partial charge in [0.15, 0.2) is 0 Å². The molecule has 118 valence electrons. The van der Waals surface area contributed by atoms with Crippen LogP contribution in [0.25, 0.3) is 0 Å². The summed E-state index contributed by atoms with van der Waals surface area (Å²) in [5.74, 6) is 0.855. The van der Waals surface area contributed by atoms with Crippen molar-refractivity contribution in [3.05, 3.63) is 46.9 Å². The molecule has 1 aliphatic heterocycles. The van der Waals surface area contributed by atoms with E-state index in [0.717, 1.165) is 43.1 Å². The van der Waals surface area contributed by atoms with Gasteiger partial charge in [-0.05, 0) is 38.0 Å². The Morgan fingerprint density at radius 2 is 2.17 bits per heavy atom. The summed E-state index contributed by atoms with van der Waals surface area (Å²) in [6, 6.07) is 9.92. The van der Waals surface area contributed by atoms with E-state index in [1.54, 1.807) is 12.4 Å². The second kappa shape index (κ2) is 6.84. The smallest absolute Gasteiger partial charge is 0.129 e. The van der Waals surface area contributed by atoms with Gasteiger partial charge in [0.1, 0.15) is 12.1 Å². The third-order valence-corrected chi connectivity index (χ3v) is 4.17. The van der Waals surface area contributed by atoms with Crippen LogP contribution < -0.4 is 10.2 Å². The van der Waals surface area contributed by atoms with E-state index in [0.29, 0.717) is 16.6 Å². The predicted molar refractivity (Wildman–Crippen MR) is 91.8 cm³/mol. The molecule has 0 aliphatic carbocycles. The first-order chi connectivity index (χ1) is 11.1. The van der Waals surface area contributed by atoms with Crippen molar-refractivity contribution < 1.29 is 0 Å². The molecule has 1 aromatic heterocycles. The molecule has 1 aliphatic rings. The van der Waals surface area contributed by atoms with Crippen LogP contribution in [0.15, 0.2) is 30.6 Å².